The molecule has 0 saturated heterocycles. The second-order valence-electron chi connectivity index (χ2n) is 5.98. The fourth-order valence-corrected chi connectivity index (χ4v) is 3.26. The van der Waals surface area contributed by atoms with Gasteiger partial charge in [0, 0.05) is 11.6 Å². The number of nitrogens with zero attached hydrogens (tertiary/aromatic N) is 1. The average molecular weight is 255 g/mol. The van der Waals surface area contributed by atoms with Crippen molar-refractivity contribution in [3.63, 3.8) is 0 Å². The fourth-order valence-electron chi connectivity index (χ4n) is 3.26. The van der Waals surface area contributed by atoms with E-state index in [9.17, 15) is 5.11 Å². The monoisotopic (exact) mass is 255 g/mol. The first-order valence-electron chi connectivity index (χ1n) is 7.24. The first-order valence-corrected chi connectivity index (χ1v) is 7.24. The van der Waals surface area contributed by atoms with Crippen LogP contribution in [0.25, 0.3) is 10.9 Å². The van der Waals surface area contributed by atoms with Crippen LogP contribution in [0.5, 0.6) is 0 Å². The minimum Gasteiger partial charge on any atom is -0.393 e. The highest BCUT2D eigenvalue weighted by atomic mass is 16.3. The van der Waals surface area contributed by atoms with Crippen molar-refractivity contribution >= 4 is 10.9 Å². The van der Waals surface area contributed by atoms with E-state index in [-0.39, 0.29) is 6.10 Å². The van der Waals surface area contributed by atoms with Crippen LogP contribution in [0.2, 0.25) is 0 Å². The van der Waals surface area contributed by atoms with Crippen LogP contribution in [0, 0.1) is 11.8 Å². The van der Waals surface area contributed by atoms with Crippen molar-refractivity contribution in [2.45, 2.75) is 38.7 Å². The normalized spacial score (nSPS) is 27.6. The molecule has 1 aromatic heterocycles. The molecule has 2 aromatic rings. The molecule has 1 N–H and O–H groups in total. The van der Waals surface area contributed by atoms with Gasteiger partial charge in [0.15, 0.2) is 0 Å². The van der Waals surface area contributed by atoms with Crippen LogP contribution in [0.3, 0.4) is 0 Å². The minimum absolute atomic E-state index is 0.124. The van der Waals surface area contributed by atoms with Gasteiger partial charge in [-0.15, -0.1) is 0 Å². The van der Waals surface area contributed by atoms with E-state index in [1.807, 2.05) is 12.3 Å². The topological polar surface area (TPSA) is 33.1 Å². The lowest BCUT2D eigenvalue weighted by Crippen LogP contribution is -2.29. The SMILES string of the molecule is CC1CCC(O)C(Cc2ccc3ncccc3c2)C1. The molecule has 1 heterocycles. The lowest BCUT2D eigenvalue weighted by atomic mass is 9.77. The molecule has 3 rings (SSSR count). The third kappa shape index (κ3) is 2.79. The molecule has 1 aliphatic carbocycles. The van der Waals surface area contributed by atoms with Crippen molar-refractivity contribution in [2.24, 2.45) is 11.8 Å². The van der Waals surface area contributed by atoms with E-state index in [0.29, 0.717) is 5.92 Å². The number of pyridine rings is 1. The van der Waals surface area contributed by atoms with Crippen LogP contribution in [-0.4, -0.2) is 16.2 Å². The van der Waals surface area contributed by atoms with Gasteiger partial charge >= 0.3 is 0 Å². The number of aliphatic hydroxyl groups excluding tert-OH is 1. The molecular weight excluding hydrogens is 234 g/mol. The lowest BCUT2D eigenvalue weighted by molar-refractivity contribution is 0.0519. The van der Waals surface area contributed by atoms with E-state index < -0.39 is 0 Å². The summed E-state index contributed by atoms with van der Waals surface area (Å²) in [4.78, 5) is 4.35. The molecule has 0 amide bonds. The quantitative estimate of drug-likeness (QED) is 0.889. The molecule has 19 heavy (non-hydrogen) atoms. The number of rotatable bonds is 2. The van der Waals surface area contributed by atoms with E-state index >= 15 is 0 Å². The van der Waals surface area contributed by atoms with Gasteiger partial charge in [0.05, 0.1) is 11.6 Å². The Bertz CT molecular complexity index is 566. The van der Waals surface area contributed by atoms with Gasteiger partial charge in [0.25, 0.3) is 0 Å². The maximum Gasteiger partial charge on any atom is 0.0702 e. The van der Waals surface area contributed by atoms with Gasteiger partial charge in [0.2, 0.25) is 0 Å². The Morgan fingerprint density at radius 2 is 2.16 bits per heavy atom. The summed E-state index contributed by atoms with van der Waals surface area (Å²) in [7, 11) is 0. The Hall–Kier alpha value is -1.41. The van der Waals surface area contributed by atoms with Crippen LogP contribution >= 0.6 is 0 Å². The maximum atomic E-state index is 10.1. The second kappa shape index (κ2) is 5.30. The zero-order valence-corrected chi connectivity index (χ0v) is 11.4. The summed E-state index contributed by atoms with van der Waals surface area (Å²) in [5, 5.41) is 11.3. The van der Waals surface area contributed by atoms with E-state index in [1.165, 1.54) is 17.4 Å². The van der Waals surface area contributed by atoms with E-state index in [1.54, 1.807) is 0 Å². The van der Waals surface area contributed by atoms with Crippen LogP contribution in [-0.2, 0) is 6.42 Å². The van der Waals surface area contributed by atoms with Crippen molar-refractivity contribution in [1.29, 1.82) is 0 Å². The molecule has 2 heteroatoms. The number of hydrogen-bond acceptors (Lipinski definition) is 2. The van der Waals surface area contributed by atoms with Gasteiger partial charge in [-0.2, -0.15) is 0 Å². The maximum absolute atomic E-state index is 10.1. The molecule has 3 atom stereocenters. The Morgan fingerprint density at radius 1 is 1.26 bits per heavy atom. The van der Waals surface area contributed by atoms with Gasteiger partial charge in [-0.3, -0.25) is 4.98 Å². The molecule has 1 aromatic carbocycles. The van der Waals surface area contributed by atoms with Crippen molar-refractivity contribution in [2.75, 3.05) is 0 Å². The largest absolute Gasteiger partial charge is 0.393 e. The zero-order valence-electron chi connectivity index (χ0n) is 11.4. The molecule has 1 saturated carbocycles. The number of aliphatic hydroxyl groups is 1. The van der Waals surface area contributed by atoms with Gasteiger partial charge < -0.3 is 5.11 Å². The zero-order chi connectivity index (χ0) is 13.2. The minimum atomic E-state index is -0.124. The van der Waals surface area contributed by atoms with E-state index in [4.69, 9.17) is 0 Å². The van der Waals surface area contributed by atoms with Crippen LogP contribution in [0.4, 0.5) is 0 Å². The van der Waals surface area contributed by atoms with Crippen LogP contribution in [0.15, 0.2) is 36.5 Å². The number of fused-ring (bicyclic) bond motifs is 1. The Kier molecular flexibility index (Phi) is 3.52. The van der Waals surface area contributed by atoms with Crippen molar-refractivity contribution in [1.82, 2.24) is 4.98 Å². The summed E-state index contributed by atoms with van der Waals surface area (Å²) >= 11 is 0. The molecule has 0 bridgehead atoms. The third-order valence-electron chi connectivity index (χ3n) is 4.37. The molecule has 0 spiro atoms. The predicted octanol–water partition coefficient (Wildman–Crippen LogP) is 3.57. The average Bonchev–Trinajstić information content (AvgIpc) is 2.43. The highest BCUT2D eigenvalue weighted by Gasteiger charge is 2.26. The lowest BCUT2D eigenvalue weighted by Gasteiger charge is -2.31. The van der Waals surface area contributed by atoms with E-state index in [2.05, 4.69) is 36.2 Å². The van der Waals surface area contributed by atoms with Gasteiger partial charge in [0.1, 0.15) is 0 Å². The summed E-state index contributed by atoms with van der Waals surface area (Å²) in [6, 6.07) is 10.5. The number of hydrogen-bond donors (Lipinski definition) is 1. The highest BCUT2D eigenvalue weighted by Crippen LogP contribution is 2.31. The predicted molar refractivity (Wildman–Crippen MR) is 78.0 cm³/mol. The van der Waals surface area contributed by atoms with Crippen molar-refractivity contribution < 1.29 is 5.11 Å². The molecule has 2 nitrogen and oxygen atoms in total. The van der Waals surface area contributed by atoms with Crippen LogP contribution in [0.1, 0.15) is 31.7 Å². The smallest absolute Gasteiger partial charge is 0.0702 e. The molecule has 3 unspecified atom stereocenters. The van der Waals surface area contributed by atoms with E-state index in [0.717, 1.165) is 30.7 Å². The Balaban J connectivity index is 1.80. The molecule has 100 valence electrons. The Morgan fingerprint density at radius 3 is 3.05 bits per heavy atom. The fraction of sp³-hybridized carbons (Fsp3) is 0.471. The van der Waals surface area contributed by atoms with Gasteiger partial charge in [-0.05, 0) is 61.3 Å². The first-order chi connectivity index (χ1) is 9.22. The summed E-state index contributed by atoms with van der Waals surface area (Å²) < 4.78 is 0. The summed E-state index contributed by atoms with van der Waals surface area (Å²) in [6.07, 6.45) is 5.96. The molecule has 1 fully saturated rings. The van der Waals surface area contributed by atoms with Gasteiger partial charge in [-0.25, -0.2) is 0 Å². The molecule has 1 aliphatic rings. The number of benzene rings is 1. The third-order valence-corrected chi connectivity index (χ3v) is 4.37. The standard InChI is InChI=1S/C17H21NO/c1-12-4-7-17(19)15(9-12)11-13-5-6-16-14(10-13)3-2-8-18-16/h2-3,5-6,8,10,12,15,17,19H,4,7,9,11H2,1H3. The highest BCUT2D eigenvalue weighted by molar-refractivity contribution is 5.78. The van der Waals surface area contributed by atoms with Gasteiger partial charge in [-0.1, -0.05) is 19.1 Å². The molecule has 0 aliphatic heterocycles. The first kappa shape index (κ1) is 12.6. The summed E-state index contributed by atoms with van der Waals surface area (Å²) in [6.45, 7) is 2.29. The molecule has 0 radical (unpaired) electrons. The molecular formula is C17H21NO. The second-order valence-corrected chi connectivity index (χ2v) is 5.98. The van der Waals surface area contributed by atoms with Crippen LogP contribution < -0.4 is 0 Å². The van der Waals surface area contributed by atoms with Crippen molar-refractivity contribution in [3.8, 4) is 0 Å². The number of aromatic nitrogens is 1. The summed E-state index contributed by atoms with van der Waals surface area (Å²) in [5.41, 5.74) is 2.36. The van der Waals surface area contributed by atoms with Crippen molar-refractivity contribution in [3.05, 3.63) is 42.1 Å². The Labute approximate surface area is 114 Å². The summed E-state index contributed by atoms with van der Waals surface area (Å²) in [5.74, 6) is 1.16.